The lowest BCUT2D eigenvalue weighted by molar-refractivity contribution is 0.0948. The minimum atomic E-state index is -0.657. The van der Waals surface area contributed by atoms with Crippen molar-refractivity contribution in [2.24, 2.45) is 0 Å². The molecule has 3 aromatic rings. The second-order valence-corrected chi connectivity index (χ2v) is 7.09. The van der Waals surface area contributed by atoms with Crippen LogP contribution in [0.4, 0.5) is 0 Å². The van der Waals surface area contributed by atoms with Crippen molar-refractivity contribution in [1.82, 2.24) is 15.2 Å². The number of hydrogen-bond acceptors (Lipinski definition) is 5. The molecule has 166 valence electrons. The highest BCUT2D eigenvalue weighted by molar-refractivity contribution is 5.99. The third-order valence-electron chi connectivity index (χ3n) is 4.74. The molecule has 8 heteroatoms. The topological polar surface area (TPSA) is 103 Å². The molecule has 0 unspecified atom stereocenters. The number of carbonyl (C=O) groups is 2. The molecular weight excluding hydrogens is 410 g/mol. The van der Waals surface area contributed by atoms with Crippen LogP contribution < -0.4 is 20.8 Å². The summed E-state index contributed by atoms with van der Waals surface area (Å²) in [4.78, 5) is 38.4. The number of methoxy groups -OCH3 is 1. The molecule has 0 radical (unpaired) electrons. The molecule has 1 aromatic carbocycles. The van der Waals surface area contributed by atoms with E-state index in [-0.39, 0.29) is 30.8 Å². The van der Waals surface area contributed by atoms with Gasteiger partial charge in [0.1, 0.15) is 28.4 Å². The van der Waals surface area contributed by atoms with Crippen LogP contribution in [0, 0.1) is 6.92 Å². The number of nitrogens with one attached hydrogen (secondary N) is 2. The Morgan fingerprint density at radius 1 is 1.09 bits per heavy atom. The maximum atomic E-state index is 12.9. The van der Waals surface area contributed by atoms with E-state index < -0.39 is 17.2 Å². The summed E-state index contributed by atoms with van der Waals surface area (Å²) in [7, 11) is 1.54. The summed E-state index contributed by atoms with van der Waals surface area (Å²) in [6.07, 6.45) is 4.34. The molecule has 0 saturated carbocycles. The molecule has 32 heavy (non-hydrogen) atoms. The van der Waals surface area contributed by atoms with Gasteiger partial charge in [-0.1, -0.05) is 24.3 Å². The van der Waals surface area contributed by atoms with Crippen LogP contribution in [0.15, 0.2) is 70.7 Å². The SMILES string of the molecule is C=CCNC(=O)c1cn(Cc2ccc(C)o2)cc(C(=O)NCc2ccccc2OC)c1=O. The lowest BCUT2D eigenvalue weighted by atomic mass is 10.1. The van der Waals surface area contributed by atoms with Gasteiger partial charge in [0.25, 0.3) is 11.8 Å². The Morgan fingerprint density at radius 2 is 1.78 bits per heavy atom. The first kappa shape index (κ1) is 22.6. The van der Waals surface area contributed by atoms with E-state index in [1.54, 1.807) is 23.8 Å². The van der Waals surface area contributed by atoms with Crippen LogP contribution in [-0.2, 0) is 13.1 Å². The van der Waals surface area contributed by atoms with Crippen LogP contribution in [0.25, 0.3) is 0 Å². The van der Waals surface area contributed by atoms with Gasteiger partial charge in [0.05, 0.1) is 13.7 Å². The molecule has 8 nitrogen and oxygen atoms in total. The van der Waals surface area contributed by atoms with E-state index in [2.05, 4.69) is 17.2 Å². The summed E-state index contributed by atoms with van der Waals surface area (Å²) in [5.74, 6) is 0.807. The third kappa shape index (κ3) is 5.34. The zero-order valence-corrected chi connectivity index (χ0v) is 18.0. The third-order valence-corrected chi connectivity index (χ3v) is 4.74. The summed E-state index contributed by atoms with van der Waals surface area (Å²) >= 11 is 0. The number of aryl methyl sites for hydroxylation is 1. The van der Waals surface area contributed by atoms with Gasteiger partial charge in [-0.15, -0.1) is 6.58 Å². The van der Waals surface area contributed by atoms with E-state index in [1.165, 1.54) is 18.5 Å². The molecule has 3 rings (SSSR count). The minimum Gasteiger partial charge on any atom is -0.496 e. The monoisotopic (exact) mass is 435 g/mol. The van der Waals surface area contributed by atoms with Crippen molar-refractivity contribution in [3.63, 3.8) is 0 Å². The predicted octanol–water partition coefficient (Wildman–Crippen LogP) is 2.65. The summed E-state index contributed by atoms with van der Waals surface area (Å²) in [6, 6.07) is 10.9. The van der Waals surface area contributed by atoms with Crippen molar-refractivity contribution in [2.75, 3.05) is 13.7 Å². The van der Waals surface area contributed by atoms with Gasteiger partial charge >= 0.3 is 0 Å². The number of amides is 2. The fourth-order valence-electron chi connectivity index (χ4n) is 3.18. The highest BCUT2D eigenvalue weighted by atomic mass is 16.5. The van der Waals surface area contributed by atoms with Gasteiger partial charge in [-0.3, -0.25) is 14.4 Å². The smallest absolute Gasteiger partial charge is 0.257 e. The standard InChI is InChI=1S/C24H25N3O5/c1-4-11-25-23(29)19-14-27(13-18-10-9-16(2)32-18)15-20(22(19)28)24(30)26-12-17-7-5-6-8-21(17)31-3/h4-10,14-15H,1,11-13H2,2-3H3,(H,25,29)(H,26,30). The predicted molar refractivity (Wildman–Crippen MR) is 120 cm³/mol. The number of nitrogens with zero attached hydrogens (tertiary/aromatic N) is 1. The van der Waals surface area contributed by atoms with E-state index in [9.17, 15) is 14.4 Å². The number of pyridine rings is 1. The molecule has 0 aliphatic rings. The van der Waals surface area contributed by atoms with Crippen molar-refractivity contribution in [3.05, 3.63) is 99.9 Å². The molecule has 2 N–H and O–H groups in total. The highest BCUT2D eigenvalue weighted by Crippen LogP contribution is 2.17. The fraction of sp³-hybridized carbons (Fsp3) is 0.208. The molecule has 0 aliphatic heterocycles. The van der Waals surface area contributed by atoms with Crippen LogP contribution in [0.5, 0.6) is 5.75 Å². The largest absolute Gasteiger partial charge is 0.496 e. The van der Waals surface area contributed by atoms with Crippen LogP contribution in [0.1, 0.15) is 37.8 Å². The van der Waals surface area contributed by atoms with Crippen molar-refractivity contribution in [3.8, 4) is 5.75 Å². The lowest BCUT2D eigenvalue weighted by Gasteiger charge is -2.12. The first-order chi connectivity index (χ1) is 15.4. The second kappa shape index (κ2) is 10.3. The molecule has 2 aromatic heterocycles. The van der Waals surface area contributed by atoms with Crippen LogP contribution in [-0.4, -0.2) is 30.0 Å². The second-order valence-electron chi connectivity index (χ2n) is 7.09. The number of carbonyl (C=O) groups excluding carboxylic acids is 2. The number of furan rings is 1. The summed E-state index contributed by atoms with van der Waals surface area (Å²) in [5.41, 5.74) is -0.180. The van der Waals surface area contributed by atoms with E-state index >= 15 is 0 Å². The van der Waals surface area contributed by atoms with Gasteiger partial charge in [0, 0.05) is 31.0 Å². The lowest BCUT2D eigenvalue weighted by Crippen LogP contribution is -2.35. The quantitative estimate of drug-likeness (QED) is 0.503. The Bertz CT molecular complexity index is 1190. The highest BCUT2D eigenvalue weighted by Gasteiger charge is 2.20. The molecule has 0 bridgehead atoms. The first-order valence-electron chi connectivity index (χ1n) is 10.0. The van der Waals surface area contributed by atoms with Gasteiger partial charge in [-0.2, -0.15) is 0 Å². The van der Waals surface area contributed by atoms with Crippen molar-refractivity contribution >= 4 is 11.8 Å². The number of rotatable bonds is 9. The van der Waals surface area contributed by atoms with Gasteiger partial charge in [-0.05, 0) is 25.1 Å². The van der Waals surface area contributed by atoms with Crippen molar-refractivity contribution in [2.45, 2.75) is 20.0 Å². The van der Waals surface area contributed by atoms with Crippen LogP contribution in [0.3, 0.4) is 0 Å². The molecule has 0 spiro atoms. The normalized spacial score (nSPS) is 10.4. The fourth-order valence-corrected chi connectivity index (χ4v) is 3.18. The van der Waals surface area contributed by atoms with Gasteiger partial charge < -0.3 is 24.4 Å². The molecule has 0 saturated heterocycles. The summed E-state index contributed by atoms with van der Waals surface area (Å²) in [6.45, 7) is 5.98. The van der Waals surface area contributed by atoms with Gasteiger partial charge in [-0.25, -0.2) is 0 Å². The van der Waals surface area contributed by atoms with Crippen LogP contribution in [0.2, 0.25) is 0 Å². The molecule has 2 heterocycles. The number of benzene rings is 1. The summed E-state index contributed by atoms with van der Waals surface area (Å²) in [5, 5.41) is 5.31. The first-order valence-corrected chi connectivity index (χ1v) is 10.0. The maximum absolute atomic E-state index is 12.9. The zero-order valence-electron chi connectivity index (χ0n) is 18.0. The van der Waals surface area contributed by atoms with Gasteiger partial charge in [0.2, 0.25) is 5.43 Å². The van der Waals surface area contributed by atoms with E-state index in [0.29, 0.717) is 11.5 Å². The molecule has 2 amide bonds. The Hall–Kier alpha value is -4.07. The number of aromatic nitrogens is 1. The number of hydrogen-bond donors (Lipinski definition) is 2. The van der Waals surface area contributed by atoms with Crippen molar-refractivity contribution < 1.29 is 18.7 Å². The number of para-hydroxylation sites is 1. The molecule has 0 fully saturated rings. The van der Waals surface area contributed by atoms with E-state index in [1.807, 2.05) is 31.2 Å². The molecule has 0 atom stereocenters. The Morgan fingerprint density at radius 3 is 2.41 bits per heavy atom. The van der Waals surface area contributed by atoms with Gasteiger partial charge in [0.15, 0.2) is 0 Å². The molecular formula is C24H25N3O5. The average Bonchev–Trinajstić information content (AvgIpc) is 3.21. The summed E-state index contributed by atoms with van der Waals surface area (Å²) < 4.78 is 12.5. The van der Waals surface area contributed by atoms with E-state index in [0.717, 1.165) is 11.3 Å². The maximum Gasteiger partial charge on any atom is 0.257 e. The van der Waals surface area contributed by atoms with Crippen LogP contribution >= 0.6 is 0 Å². The minimum absolute atomic E-state index is 0.139. The Balaban J connectivity index is 1.92. The molecule has 0 aliphatic carbocycles. The Labute approximate surface area is 185 Å². The Kier molecular flexibility index (Phi) is 7.28. The van der Waals surface area contributed by atoms with Crippen molar-refractivity contribution in [1.29, 1.82) is 0 Å². The zero-order chi connectivity index (χ0) is 23.1. The van der Waals surface area contributed by atoms with E-state index in [4.69, 9.17) is 9.15 Å². The number of ether oxygens (including phenoxy) is 1. The average molecular weight is 435 g/mol.